The highest BCUT2D eigenvalue weighted by Crippen LogP contribution is 2.18. The van der Waals surface area contributed by atoms with E-state index < -0.39 is 9.84 Å². The van der Waals surface area contributed by atoms with Crippen molar-refractivity contribution >= 4 is 25.8 Å². The number of hydrogen-bond donors (Lipinski definition) is 1. The van der Waals surface area contributed by atoms with Gasteiger partial charge in [-0.3, -0.25) is 0 Å². The first-order valence-electron chi connectivity index (χ1n) is 6.85. The second-order valence-corrected chi connectivity index (χ2v) is 8.53. The fraction of sp³-hybridized carbons (Fsp3) is 0.571. The molecule has 2 atom stereocenters. The topological polar surface area (TPSA) is 63.4 Å². The number of halogens is 1. The molecule has 1 heterocycles. The molecule has 0 spiro atoms. The fourth-order valence-corrected chi connectivity index (χ4v) is 4.01. The Morgan fingerprint density at radius 2 is 2.00 bits per heavy atom. The number of piperidine rings is 1. The van der Waals surface area contributed by atoms with Gasteiger partial charge >= 0.3 is 0 Å². The second kappa shape index (κ2) is 6.56. The summed E-state index contributed by atoms with van der Waals surface area (Å²) in [6, 6.07) is 7.06. The standard InChI is InChI=1S/C14H21BrN2O2S/c1-11-10-17(7-6-14(11)16)8-9-20(18,19)13-4-2-12(15)3-5-13/h2-5,11,14H,6-10,16H2,1H3. The third-order valence-electron chi connectivity index (χ3n) is 3.90. The summed E-state index contributed by atoms with van der Waals surface area (Å²) in [6.07, 6.45) is 0.944. The van der Waals surface area contributed by atoms with Crippen molar-refractivity contribution in [3.63, 3.8) is 0 Å². The van der Waals surface area contributed by atoms with Crippen LogP contribution in [0.25, 0.3) is 0 Å². The molecule has 1 saturated heterocycles. The van der Waals surface area contributed by atoms with Crippen LogP contribution in [-0.2, 0) is 9.84 Å². The summed E-state index contributed by atoms with van der Waals surface area (Å²) in [6.45, 7) is 4.48. The maximum atomic E-state index is 12.3. The zero-order chi connectivity index (χ0) is 14.8. The molecule has 2 unspecified atom stereocenters. The van der Waals surface area contributed by atoms with Crippen LogP contribution in [0.2, 0.25) is 0 Å². The Kier molecular flexibility index (Phi) is 5.23. The number of rotatable bonds is 4. The van der Waals surface area contributed by atoms with Gasteiger partial charge < -0.3 is 10.6 Å². The highest BCUT2D eigenvalue weighted by molar-refractivity contribution is 9.10. The van der Waals surface area contributed by atoms with E-state index in [0.29, 0.717) is 17.4 Å². The number of likely N-dealkylation sites (tertiary alicyclic amines) is 1. The highest BCUT2D eigenvalue weighted by Gasteiger charge is 2.24. The van der Waals surface area contributed by atoms with Crippen molar-refractivity contribution in [1.82, 2.24) is 4.90 Å². The molecule has 1 fully saturated rings. The van der Waals surface area contributed by atoms with Crippen LogP contribution < -0.4 is 5.73 Å². The first kappa shape index (κ1) is 15.9. The second-order valence-electron chi connectivity index (χ2n) is 5.50. The molecule has 1 aliphatic heterocycles. The molecular formula is C14H21BrN2O2S. The molecule has 112 valence electrons. The van der Waals surface area contributed by atoms with Crippen LogP contribution in [0.5, 0.6) is 0 Å². The summed E-state index contributed by atoms with van der Waals surface area (Å²) in [7, 11) is -3.20. The van der Waals surface area contributed by atoms with Crippen LogP contribution in [0.1, 0.15) is 13.3 Å². The molecule has 1 aliphatic rings. The molecule has 0 bridgehead atoms. The van der Waals surface area contributed by atoms with Crippen molar-refractivity contribution in [3.8, 4) is 0 Å². The molecule has 1 aromatic carbocycles. The summed E-state index contributed by atoms with van der Waals surface area (Å²) in [5.41, 5.74) is 5.98. The zero-order valence-electron chi connectivity index (χ0n) is 11.6. The molecule has 6 heteroatoms. The molecule has 2 N–H and O–H groups in total. The van der Waals surface area contributed by atoms with Gasteiger partial charge in [0, 0.05) is 23.6 Å². The average molecular weight is 361 g/mol. The van der Waals surface area contributed by atoms with Gasteiger partial charge in [-0.05, 0) is 43.1 Å². The van der Waals surface area contributed by atoms with E-state index in [2.05, 4.69) is 27.8 Å². The van der Waals surface area contributed by atoms with Gasteiger partial charge in [0.25, 0.3) is 0 Å². The Balaban J connectivity index is 1.94. The van der Waals surface area contributed by atoms with E-state index in [-0.39, 0.29) is 11.8 Å². The molecule has 0 aliphatic carbocycles. The summed E-state index contributed by atoms with van der Waals surface area (Å²) in [4.78, 5) is 2.59. The van der Waals surface area contributed by atoms with Crippen LogP contribution in [0.3, 0.4) is 0 Å². The normalized spacial score (nSPS) is 24.8. The van der Waals surface area contributed by atoms with Crippen molar-refractivity contribution < 1.29 is 8.42 Å². The lowest BCUT2D eigenvalue weighted by molar-refractivity contribution is 0.173. The maximum Gasteiger partial charge on any atom is 0.179 e. The number of nitrogens with zero attached hydrogens (tertiary/aromatic N) is 1. The van der Waals surface area contributed by atoms with Gasteiger partial charge in [-0.15, -0.1) is 0 Å². The quantitative estimate of drug-likeness (QED) is 0.890. The van der Waals surface area contributed by atoms with Crippen LogP contribution in [0.4, 0.5) is 0 Å². The number of hydrogen-bond acceptors (Lipinski definition) is 4. The van der Waals surface area contributed by atoms with Gasteiger partial charge in [-0.2, -0.15) is 0 Å². The Bertz CT molecular complexity index is 545. The summed E-state index contributed by atoms with van der Waals surface area (Å²) in [5, 5.41) is 0. The minimum Gasteiger partial charge on any atom is -0.327 e. The lowest BCUT2D eigenvalue weighted by atomic mass is 9.95. The fourth-order valence-electron chi connectivity index (χ4n) is 2.46. The molecule has 20 heavy (non-hydrogen) atoms. The SMILES string of the molecule is CC1CN(CCS(=O)(=O)c2ccc(Br)cc2)CCC1N. The van der Waals surface area contributed by atoms with E-state index in [9.17, 15) is 8.42 Å². The van der Waals surface area contributed by atoms with Gasteiger partial charge in [0.15, 0.2) is 9.84 Å². The molecule has 4 nitrogen and oxygen atoms in total. The van der Waals surface area contributed by atoms with Crippen molar-refractivity contribution in [1.29, 1.82) is 0 Å². The maximum absolute atomic E-state index is 12.3. The number of sulfone groups is 1. The van der Waals surface area contributed by atoms with E-state index >= 15 is 0 Å². The predicted molar refractivity (Wildman–Crippen MR) is 84.4 cm³/mol. The largest absolute Gasteiger partial charge is 0.327 e. The zero-order valence-corrected chi connectivity index (χ0v) is 14.0. The van der Waals surface area contributed by atoms with Crippen LogP contribution in [-0.4, -0.2) is 44.7 Å². The van der Waals surface area contributed by atoms with Crippen molar-refractivity contribution in [2.24, 2.45) is 11.7 Å². The van der Waals surface area contributed by atoms with Crippen molar-refractivity contribution in [2.45, 2.75) is 24.3 Å². The summed E-state index contributed by atoms with van der Waals surface area (Å²) >= 11 is 3.31. The van der Waals surface area contributed by atoms with Crippen molar-refractivity contribution in [2.75, 3.05) is 25.4 Å². The Hall–Kier alpha value is -0.430. The molecule has 0 aromatic heterocycles. The van der Waals surface area contributed by atoms with Gasteiger partial charge in [0.1, 0.15) is 0 Å². The minimum atomic E-state index is -3.20. The average Bonchev–Trinajstić information content (AvgIpc) is 2.41. The number of benzene rings is 1. The molecule has 0 saturated carbocycles. The van der Waals surface area contributed by atoms with E-state index in [1.807, 2.05) is 0 Å². The van der Waals surface area contributed by atoms with Crippen molar-refractivity contribution in [3.05, 3.63) is 28.7 Å². The van der Waals surface area contributed by atoms with Gasteiger partial charge in [0.05, 0.1) is 10.6 Å². The molecule has 1 aromatic rings. The van der Waals surface area contributed by atoms with Gasteiger partial charge in [0.2, 0.25) is 0 Å². The third kappa shape index (κ3) is 4.04. The monoisotopic (exact) mass is 360 g/mol. The smallest absolute Gasteiger partial charge is 0.179 e. The van der Waals surface area contributed by atoms with E-state index in [4.69, 9.17) is 5.73 Å². The van der Waals surface area contributed by atoms with Crippen LogP contribution in [0.15, 0.2) is 33.6 Å². The molecule has 0 radical (unpaired) electrons. The molecule has 2 rings (SSSR count). The molecular weight excluding hydrogens is 340 g/mol. The molecule has 0 amide bonds. The predicted octanol–water partition coefficient (Wildman–Crippen LogP) is 1.89. The van der Waals surface area contributed by atoms with Crippen LogP contribution in [0, 0.1) is 5.92 Å². The van der Waals surface area contributed by atoms with E-state index in [1.165, 1.54) is 0 Å². The lowest BCUT2D eigenvalue weighted by Gasteiger charge is -2.34. The van der Waals surface area contributed by atoms with Gasteiger partial charge in [-0.1, -0.05) is 22.9 Å². The van der Waals surface area contributed by atoms with Crippen LogP contribution >= 0.6 is 15.9 Å². The lowest BCUT2D eigenvalue weighted by Crippen LogP contribution is -2.47. The summed E-state index contributed by atoms with van der Waals surface area (Å²) in [5.74, 6) is 0.593. The summed E-state index contributed by atoms with van der Waals surface area (Å²) < 4.78 is 25.4. The third-order valence-corrected chi connectivity index (χ3v) is 6.14. The Morgan fingerprint density at radius 1 is 1.35 bits per heavy atom. The first-order valence-corrected chi connectivity index (χ1v) is 9.29. The van der Waals surface area contributed by atoms with Gasteiger partial charge in [-0.25, -0.2) is 8.42 Å². The Labute approximate surface area is 129 Å². The minimum absolute atomic E-state index is 0.163. The first-order chi connectivity index (χ1) is 9.38. The highest BCUT2D eigenvalue weighted by atomic mass is 79.9. The van der Waals surface area contributed by atoms with E-state index in [1.54, 1.807) is 24.3 Å². The number of nitrogens with two attached hydrogens (primary N) is 1. The van der Waals surface area contributed by atoms with E-state index in [0.717, 1.165) is 24.0 Å². The Morgan fingerprint density at radius 3 is 2.60 bits per heavy atom.